The second-order valence-corrected chi connectivity index (χ2v) is 13.2. The Labute approximate surface area is 233 Å². The smallest absolute Gasteiger partial charge is 0.330 e. The van der Waals surface area contributed by atoms with E-state index in [0.29, 0.717) is 13.0 Å². The van der Waals surface area contributed by atoms with Gasteiger partial charge in [-0.1, -0.05) is 44.1 Å². The van der Waals surface area contributed by atoms with Crippen LogP contribution in [0.1, 0.15) is 57.9 Å². The molecule has 0 bridgehead atoms. The molecule has 3 aromatic rings. The number of nitrogens with zero attached hydrogens (tertiary/aromatic N) is 2. The van der Waals surface area contributed by atoms with Gasteiger partial charge in [-0.25, -0.2) is 4.79 Å². The molecule has 204 valence electrons. The number of aromatic nitrogens is 1. The number of fused-ring (bicyclic) bond motifs is 1. The number of carbonyl (C=O) groups is 1. The van der Waals surface area contributed by atoms with E-state index in [1.807, 2.05) is 63.2 Å². The molecule has 1 aliphatic rings. The van der Waals surface area contributed by atoms with E-state index >= 15 is 0 Å². The van der Waals surface area contributed by atoms with E-state index < -0.39 is 17.2 Å². The number of aryl methyl sites for hydroxylation is 1. The molecule has 1 atom stereocenters. The van der Waals surface area contributed by atoms with Gasteiger partial charge in [-0.2, -0.15) is 0 Å². The molecule has 39 heavy (non-hydrogen) atoms. The highest BCUT2D eigenvalue weighted by molar-refractivity contribution is 6.31. The lowest BCUT2D eigenvalue weighted by Gasteiger charge is -2.40. The molecule has 2 heterocycles. The summed E-state index contributed by atoms with van der Waals surface area (Å²) in [6.07, 6.45) is 3.52. The van der Waals surface area contributed by atoms with E-state index in [0.717, 1.165) is 39.2 Å². The van der Waals surface area contributed by atoms with Crippen molar-refractivity contribution in [3.8, 4) is 5.75 Å². The molecule has 0 N–H and O–H groups in total. The number of hydrogen-bond donors (Lipinski definition) is 0. The lowest BCUT2D eigenvalue weighted by Crippen LogP contribution is -2.52. The van der Waals surface area contributed by atoms with Crippen molar-refractivity contribution in [3.05, 3.63) is 83.6 Å². The monoisotopic (exact) mass is 544 g/mol. The van der Waals surface area contributed by atoms with Crippen LogP contribution in [0.5, 0.6) is 5.75 Å². The molecule has 0 amide bonds. The molecule has 4 rings (SSSR count). The molecule has 1 unspecified atom stereocenters. The molecule has 2 aromatic carbocycles. The van der Waals surface area contributed by atoms with Crippen molar-refractivity contribution in [2.45, 2.75) is 70.8 Å². The Bertz CT molecular complexity index is 1390. The topological polar surface area (TPSA) is 79.2 Å². The molecule has 8 heteroatoms. The van der Waals surface area contributed by atoms with Gasteiger partial charge in [0.2, 0.25) is 9.76 Å². The Morgan fingerprint density at radius 3 is 2.51 bits per heavy atom. The average molecular weight is 545 g/mol. The Kier molecular flexibility index (Phi) is 8.27. The van der Waals surface area contributed by atoms with Crippen LogP contribution in [0.4, 0.5) is 0 Å². The van der Waals surface area contributed by atoms with Crippen LogP contribution in [0.3, 0.4) is 0 Å². The average Bonchev–Trinajstić information content (AvgIpc) is 3.35. The number of rotatable bonds is 9. The van der Waals surface area contributed by atoms with Crippen LogP contribution in [0.15, 0.2) is 71.9 Å². The number of ether oxygens (including phenoxy) is 2. The van der Waals surface area contributed by atoms with Crippen molar-refractivity contribution in [1.29, 1.82) is 0 Å². The highest BCUT2D eigenvalue weighted by Gasteiger charge is 2.51. The summed E-state index contributed by atoms with van der Waals surface area (Å²) in [6.45, 7) is 12.7. The first-order chi connectivity index (χ1) is 18.4. The summed E-state index contributed by atoms with van der Waals surface area (Å²) in [5, 5.41) is 5.51. The van der Waals surface area contributed by atoms with Gasteiger partial charge in [0.25, 0.3) is 0 Å². The third kappa shape index (κ3) is 6.75. The van der Waals surface area contributed by atoms with Gasteiger partial charge in [0.05, 0.1) is 23.9 Å². The lowest BCUT2D eigenvalue weighted by molar-refractivity contribution is -0.135. The predicted molar refractivity (Wildman–Crippen MR) is 154 cm³/mol. The van der Waals surface area contributed by atoms with Crippen LogP contribution < -0.4 is 4.74 Å². The molecular formula is C31H36N2O5Si. The highest BCUT2D eigenvalue weighted by Crippen LogP contribution is 2.41. The molecular weight excluding hydrogens is 508 g/mol. The molecule has 1 aliphatic heterocycles. The predicted octanol–water partition coefficient (Wildman–Crippen LogP) is 6.35. The first-order valence-corrected chi connectivity index (χ1v) is 13.9. The maximum Gasteiger partial charge on any atom is 0.330 e. The van der Waals surface area contributed by atoms with E-state index in [2.05, 4.69) is 43.0 Å². The summed E-state index contributed by atoms with van der Waals surface area (Å²) in [5.74, 6) is 0.294. The van der Waals surface area contributed by atoms with Gasteiger partial charge in [0, 0.05) is 29.1 Å². The summed E-state index contributed by atoms with van der Waals surface area (Å²) in [4.78, 5) is 22.6. The van der Waals surface area contributed by atoms with Crippen LogP contribution in [0, 0.1) is 6.92 Å². The Hall–Kier alpha value is -3.49. The number of pyridine rings is 1. The minimum Gasteiger partial charge on any atom is -0.489 e. The van der Waals surface area contributed by atoms with E-state index in [1.165, 1.54) is 13.2 Å². The van der Waals surface area contributed by atoms with Gasteiger partial charge in [-0.3, -0.25) is 4.98 Å². The lowest BCUT2D eigenvalue weighted by atomic mass is 9.80. The van der Waals surface area contributed by atoms with Crippen LogP contribution in [0.2, 0.25) is 5.04 Å². The largest absolute Gasteiger partial charge is 0.489 e. The van der Waals surface area contributed by atoms with E-state index in [1.54, 1.807) is 6.08 Å². The number of para-hydroxylation sites is 1. The molecule has 2 radical (unpaired) electrons. The zero-order chi connectivity index (χ0) is 28.3. The van der Waals surface area contributed by atoms with Gasteiger partial charge in [-0.15, -0.1) is 0 Å². The molecule has 0 fully saturated rings. The molecule has 0 spiro atoms. The third-order valence-corrected chi connectivity index (χ3v) is 7.81. The second-order valence-electron chi connectivity index (χ2n) is 11.3. The zero-order valence-corrected chi connectivity index (χ0v) is 24.7. The SMILES string of the molecule is COC(=O)C=CC1(C(C)(C)O[Si]C(C)(C)C)CC(c2ccc(OCc3cc(C)nc4ccccc34)cc2)=NO1. The third-order valence-electron chi connectivity index (χ3n) is 6.58. The maximum absolute atomic E-state index is 11.9. The van der Waals surface area contributed by atoms with Gasteiger partial charge >= 0.3 is 5.97 Å². The standard InChI is InChI=1S/C31H36N2O5Si/c1-21-18-23(25-10-8-9-11-26(25)32-21)20-36-24-14-12-22(13-15-24)27-19-31(37-33-27,17-16-28(34)35-7)30(5,6)38-39-29(2,3)4/h8-18H,19-20H2,1-7H3. The van der Waals surface area contributed by atoms with E-state index in [-0.39, 0.29) is 14.8 Å². The number of hydrogen-bond acceptors (Lipinski definition) is 7. The van der Waals surface area contributed by atoms with Crippen LogP contribution in [0.25, 0.3) is 10.9 Å². The van der Waals surface area contributed by atoms with Crippen LogP contribution >= 0.6 is 0 Å². The summed E-state index contributed by atoms with van der Waals surface area (Å²) in [6, 6.07) is 18.0. The van der Waals surface area contributed by atoms with Crippen molar-refractivity contribution in [1.82, 2.24) is 4.98 Å². The number of esters is 1. The Morgan fingerprint density at radius 2 is 1.82 bits per heavy atom. The molecule has 7 nitrogen and oxygen atoms in total. The fourth-order valence-electron chi connectivity index (χ4n) is 4.27. The van der Waals surface area contributed by atoms with Gasteiger partial charge in [-0.05, 0) is 73.8 Å². The minimum absolute atomic E-state index is 0.0100. The quantitative estimate of drug-likeness (QED) is 0.178. The normalized spacial score (nSPS) is 17.8. The van der Waals surface area contributed by atoms with Crippen molar-refractivity contribution in [3.63, 3.8) is 0 Å². The fourth-order valence-corrected chi connectivity index (χ4v) is 5.01. The van der Waals surface area contributed by atoms with Crippen LogP contribution in [-0.2, 0) is 25.4 Å². The zero-order valence-electron chi connectivity index (χ0n) is 23.7. The van der Waals surface area contributed by atoms with Crippen molar-refractivity contribution in [2.75, 3.05) is 7.11 Å². The van der Waals surface area contributed by atoms with Crippen molar-refractivity contribution >= 4 is 32.3 Å². The number of oxime groups is 1. The van der Waals surface area contributed by atoms with Crippen LogP contribution in [-0.4, -0.2) is 44.7 Å². The molecule has 0 aliphatic carbocycles. The molecule has 0 saturated carbocycles. The molecule has 1 aromatic heterocycles. The Balaban J connectivity index is 1.49. The van der Waals surface area contributed by atoms with Crippen molar-refractivity contribution in [2.24, 2.45) is 5.16 Å². The fraction of sp³-hybridized carbons (Fsp3) is 0.387. The summed E-state index contributed by atoms with van der Waals surface area (Å²) in [7, 11) is 1.58. The maximum atomic E-state index is 11.9. The first kappa shape index (κ1) is 28.5. The summed E-state index contributed by atoms with van der Waals surface area (Å²) < 4.78 is 17.3. The Morgan fingerprint density at radius 1 is 1.10 bits per heavy atom. The van der Waals surface area contributed by atoms with Gasteiger partial charge in [0.1, 0.15) is 12.4 Å². The van der Waals surface area contributed by atoms with Gasteiger partial charge in [0.15, 0.2) is 5.60 Å². The van der Waals surface area contributed by atoms with Gasteiger partial charge < -0.3 is 18.7 Å². The summed E-state index contributed by atoms with van der Waals surface area (Å²) in [5.41, 5.74) is 2.97. The number of benzene rings is 2. The van der Waals surface area contributed by atoms with Crippen molar-refractivity contribution < 1.29 is 23.5 Å². The molecule has 0 saturated heterocycles. The highest BCUT2D eigenvalue weighted by atomic mass is 28.2. The summed E-state index contributed by atoms with van der Waals surface area (Å²) >= 11 is 0. The minimum atomic E-state index is -0.968. The van der Waals surface area contributed by atoms with E-state index in [4.69, 9.17) is 18.7 Å². The van der Waals surface area contributed by atoms with E-state index in [9.17, 15) is 4.79 Å². The first-order valence-electron chi connectivity index (χ1n) is 13.0. The number of carbonyl (C=O) groups excluding carboxylic acids is 1. The number of methoxy groups -OCH3 is 1. The second kappa shape index (κ2) is 11.3.